The van der Waals surface area contributed by atoms with Gasteiger partial charge in [0.15, 0.2) is 0 Å². The molecule has 72 valence electrons. The molecule has 0 amide bonds. The van der Waals surface area contributed by atoms with Gasteiger partial charge in [0.25, 0.3) is 0 Å². The number of hydrogen-bond donors (Lipinski definition) is 0. The minimum atomic E-state index is 0.656. The van der Waals surface area contributed by atoms with Crippen LogP contribution in [0.5, 0.6) is 0 Å². The van der Waals surface area contributed by atoms with Gasteiger partial charge in [-0.3, -0.25) is 4.98 Å². The van der Waals surface area contributed by atoms with Gasteiger partial charge < -0.3 is 0 Å². The van der Waals surface area contributed by atoms with Gasteiger partial charge in [0.1, 0.15) is 0 Å². The third-order valence-electron chi connectivity index (χ3n) is 2.37. The second kappa shape index (κ2) is 3.41. The van der Waals surface area contributed by atoms with Crippen LogP contribution in [0.25, 0.3) is 10.9 Å². The molecule has 0 aliphatic heterocycles. The van der Waals surface area contributed by atoms with Crippen LogP contribution in [0.2, 0.25) is 10.0 Å². The highest BCUT2D eigenvalue weighted by Crippen LogP contribution is 2.32. The molecular formula is C11H9Cl2N. The molecule has 1 aromatic carbocycles. The number of hydrogen-bond acceptors (Lipinski definition) is 1. The normalized spacial score (nSPS) is 10.9. The van der Waals surface area contributed by atoms with Crippen molar-refractivity contribution in [2.24, 2.45) is 0 Å². The van der Waals surface area contributed by atoms with E-state index in [1.165, 1.54) is 0 Å². The predicted octanol–water partition coefficient (Wildman–Crippen LogP) is 4.16. The highest BCUT2D eigenvalue weighted by molar-refractivity contribution is 6.42. The van der Waals surface area contributed by atoms with Crippen LogP contribution in [0.15, 0.2) is 18.2 Å². The molecule has 0 atom stereocenters. The molecule has 3 heteroatoms. The van der Waals surface area contributed by atoms with Crippen molar-refractivity contribution >= 4 is 34.1 Å². The van der Waals surface area contributed by atoms with Gasteiger partial charge in [0.05, 0.1) is 15.6 Å². The fourth-order valence-corrected chi connectivity index (χ4v) is 2.08. The fraction of sp³-hybridized carbons (Fsp3) is 0.182. The lowest BCUT2D eigenvalue weighted by Crippen LogP contribution is -1.90. The van der Waals surface area contributed by atoms with Crippen LogP contribution in [-0.4, -0.2) is 4.98 Å². The maximum atomic E-state index is 6.21. The van der Waals surface area contributed by atoms with Gasteiger partial charge in [-0.15, -0.1) is 0 Å². The number of aryl methyl sites for hydroxylation is 1. The van der Waals surface area contributed by atoms with Crippen molar-refractivity contribution < 1.29 is 0 Å². The minimum absolute atomic E-state index is 0.656. The first-order valence-corrected chi connectivity index (χ1v) is 5.08. The zero-order valence-corrected chi connectivity index (χ0v) is 9.45. The molecule has 0 spiro atoms. The number of benzene rings is 1. The third kappa shape index (κ3) is 1.37. The molecule has 0 aliphatic rings. The molecule has 2 aromatic rings. The van der Waals surface area contributed by atoms with Gasteiger partial charge in [-0.05, 0) is 31.5 Å². The Morgan fingerprint density at radius 3 is 2.57 bits per heavy atom. The Labute approximate surface area is 92.7 Å². The zero-order valence-electron chi connectivity index (χ0n) is 7.94. The van der Waals surface area contributed by atoms with E-state index in [9.17, 15) is 0 Å². The predicted molar refractivity (Wildman–Crippen MR) is 61.2 cm³/mol. The van der Waals surface area contributed by atoms with E-state index in [0.717, 1.165) is 22.2 Å². The van der Waals surface area contributed by atoms with E-state index < -0.39 is 0 Å². The molecule has 0 fully saturated rings. The van der Waals surface area contributed by atoms with Crippen molar-refractivity contribution in [2.45, 2.75) is 13.8 Å². The lowest BCUT2D eigenvalue weighted by Gasteiger charge is -2.07. The summed E-state index contributed by atoms with van der Waals surface area (Å²) in [4.78, 5) is 4.43. The lowest BCUT2D eigenvalue weighted by molar-refractivity contribution is 1.20. The number of rotatable bonds is 0. The van der Waals surface area contributed by atoms with Crippen molar-refractivity contribution in [3.05, 3.63) is 39.5 Å². The quantitative estimate of drug-likeness (QED) is 0.657. The standard InChI is InChI=1S/C11H9Cl2N/c1-6-7(2)14-9-5-3-4-8(12)10(9)11(6)13/h3-5H,1-2H3. The van der Waals surface area contributed by atoms with E-state index in [1.54, 1.807) is 0 Å². The first-order chi connectivity index (χ1) is 6.61. The van der Waals surface area contributed by atoms with E-state index in [4.69, 9.17) is 23.2 Å². The molecule has 0 saturated carbocycles. The fourth-order valence-electron chi connectivity index (χ4n) is 1.43. The third-order valence-corrected chi connectivity index (χ3v) is 3.16. The summed E-state index contributed by atoms with van der Waals surface area (Å²) in [5.41, 5.74) is 2.79. The van der Waals surface area contributed by atoms with Gasteiger partial charge in [0.2, 0.25) is 0 Å². The highest BCUT2D eigenvalue weighted by atomic mass is 35.5. The van der Waals surface area contributed by atoms with Crippen LogP contribution < -0.4 is 0 Å². The summed E-state index contributed by atoms with van der Waals surface area (Å²) in [7, 11) is 0. The van der Waals surface area contributed by atoms with Crippen LogP contribution in [0.3, 0.4) is 0 Å². The summed E-state index contributed by atoms with van der Waals surface area (Å²) in [5.74, 6) is 0. The largest absolute Gasteiger partial charge is 0.253 e. The minimum Gasteiger partial charge on any atom is -0.253 e. The summed E-state index contributed by atoms with van der Waals surface area (Å²) < 4.78 is 0. The second-order valence-electron chi connectivity index (χ2n) is 3.27. The van der Waals surface area contributed by atoms with Crippen LogP contribution in [-0.2, 0) is 0 Å². The lowest BCUT2D eigenvalue weighted by atomic mass is 10.1. The van der Waals surface area contributed by atoms with Crippen LogP contribution >= 0.6 is 23.2 Å². The van der Waals surface area contributed by atoms with Crippen LogP contribution in [0.4, 0.5) is 0 Å². The molecule has 1 nitrogen and oxygen atoms in total. The highest BCUT2D eigenvalue weighted by Gasteiger charge is 2.09. The molecule has 0 unspecified atom stereocenters. The van der Waals surface area contributed by atoms with E-state index in [2.05, 4.69) is 4.98 Å². The van der Waals surface area contributed by atoms with Gasteiger partial charge in [-0.2, -0.15) is 0 Å². The molecule has 0 saturated heterocycles. The Hall–Kier alpha value is -0.790. The maximum Gasteiger partial charge on any atom is 0.0735 e. The van der Waals surface area contributed by atoms with Crippen molar-refractivity contribution in [3.63, 3.8) is 0 Å². The SMILES string of the molecule is Cc1nc2cccc(Cl)c2c(Cl)c1C. The number of pyridine rings is 1. The van der Waals surface area contributed by atoms with Gasteiger partial charge in [-0.1, -0.05) is 29.3 Å². The van der Waals surface area contributed by atoms with Gasteiger partial charge >= 0.3 is 0 Å². The number of fused-ring (bicyclic) bond motifs is 1. The van der Waals surface area contributed by atoms with Crippen molar-refractivity contribution in [1.82, 2.24) is 4.98 Å². The summed E-state index contributed by atoms with van der Waals surface area (Å²) in [6.45, 7) is 3.90. The average molecular weight is 226 g/mol. The summed E-state index contributed by atoms with van der Waals surface area (Å²) >= 11 is 12.3. The zero-order chi connectivity index (χ0) is 10.3. The Morgan fingerprint density at radius 1 is 1.14 bits per heavy atom. The Morgan fingerprint density at radius 2 is 1.86 bits per heavy atom. The summed E-state index contributed by atoms with van der Waals surface area (Å²) in [5, 5.41) is 2.21. The van der Waals surface area contributed by atoms with E-state index in [1.807, 2.05) is 32.0 Å². The van der Waals surface area contributed by atoms with Crippen molar-refractivity contribution in [1.29, 1.82) is 0 Å². The maximum absolute atomic E-state index is 6.21. The van der Waals surface area contributed by atoms with E-state index in [0.29, 0.717) is 10.0 Å². The molecule has 1 heterocycles. The molecule has 2 rings (SSSR count). The number of nitrogens with zero attached hydrogens (tertiary/aromatic N) is 1. The Balaban J connectivity index is 2.99. The first kappa shape index (κ1) is 9.75. The van der Waals surface area contributed by atoms with E-state index in [-0.39, 0.29) is 0 Å². The molecule has 0 N–H and O–H groups in total. The van der Waals surface area contributed by atoms with Crippen molar-refractivity contribution in [2.75, 3.05) is 0 Å². The first-order valence-electron chi connectivity index (χ1n) is 4.32. The Bertz CT molecular complexity index is 506. The van der Waals surface area contributed by atoms with Crippen molar-refractivity contribution in [3.8, 4) is 0 Å². The summed E-state index contributed by atoms with van der Waals surface area (Å²) in [6.07, 6.45) is 0. The molecule has 0 radical (unpaired) electrons. The van der Waals surface area contributed by atoms with E-state index >= 15 is 0 Å². The van der Waals surface area contributed by atoms with Gasteiger partial charge in [-0.25, -0.2) is 0 Å². The molecule has 14 heavy (non-hydrogen) atoms. The molecule has 1 aromatic heterocycles. The summed E-state index contributed by atoms with van der Waals surface area (Å²) in [6, 6.07) is 5.62. The smallest absolute Gasteiger partial charge is 0.0735 e. The van der Waals surface area contributed by atoms with Crippen LogP contribution in [0, 0.1) is 13.8 Å². The van der Waals surface area contributed by atoms with Gasteiger partial charge in [0, 0.05) is 11.1 Å². The van der Waals surface area contributed by atoms with Crippen LogP contribution in [0.1, 0.15) is 11.3 Å². The number of halogens is 2. The second-order valence-corrected chi connectivity index (χ2v) is 4.06. The number of aromatic nitrogens is 1. The molecular weight excluding hydrogens is 217 g/mol. The monoisotopic (exact) mass is 225 g/mol. The Kier molecular flexibility index (Phi) is 2.38. The molecule has 0 bridgehead atoms. The molecule has 0 aliphatic carbocycles. The average Bonchev–Trinajstić information content (AvgIpc) is 2.14. The topological polar surface area (TPSA) is 12.9 Å².